The topological polar surface area (TPSA) is 93.0 Å². The number of sulfonamides is 1. The van der Waals surface area contributed by atoms with Gasteiger partial charge in [0.15, 0.2) is 0 Å². The maximum absolute atomic E-state index is 11.7. The number of fused-ring (bicyclic) bond motifs is 1. The Balaban J connectivity index is 1.28. The van der Waals surface area contributed by atoms with E-state index >= 15 is 0 Å². The summed E-state index contributed by atoms with van der Waals surface area (Å²) in [5.74, 6) is 0.657. The van der Waals surface area contributed by atoms with Crippen molar-refractivity contribution < 1.29 is 8.42 Å². The zero-order valence-corrected chi connectivity index (χ0v) is 18.6. The Kier molecular flexibility index (Phi) is 6.50. The number of rotatable bonds is 9. The van der Waals surface area contributed by atoms with Gasteiger partial charge in [0.2, 0.25) is 15.8 Å². The number of hydrogen-bond donors (Lipinski definition) is 1. The molecule has 0 fully saturated rings. The van der Waals surface area contributed by atoms with Gasteiger partial charge >= 0.3 is 0 Å². The highest BCUT2D eigenvalue weighted by Gasteiger charge is 2.20. The molecule has 1 aromatic heterocycles. The first kappa shape index (κ1) is 21.3. The van der Waals surface area contributed by atoms with E-state index in [1.807, 2.05) is 42.5 Å². The number of unbranched alkanes of at least 4 members (excludes halogenated alkanes) is 2. The summed E-state index contributed by atoms with van der Waals surface area (Å²) in [5, 5.41) is 12.8. The summed E-state index contributed by atoms with van der Waals surface area (Å²) in [4.78, 5) is 4.04. The monoisotopic (exact) mass is 440 g/mol. The molecule has 2 aromatic carbocycles. The van der Waals surface area contributed by atoms with Crippen molar-refractivity contribution in [2.45, 2.75) is 38.6 Å². The van der Waals surface area contributed by atoms with E-state index in [1.165, 1.54) is 6.26 Å². The molecule has 0 amide bonds. The molecule has 0 aliphatic carbocycles. The van der Waals surface area contributed by atoms with Gasteiger partial charge in [0.05, 0.1) is 18.5 Å². The maximum Gasteiger partial charge on any atom is 0.229 e. The smallest absolute Gasteiger partial charge is 0.229 e. The molecule has 0 saturated carbocycles. The van der Waals surface area contributed by atoms with Crippen LogP contribution in [0.1, 0.15) is 31.2 Å². The van der Waals surface area contributed by atoms with E-state index in [-0.39, 0.29) is 0 Å². The van der Waals surface area contributed by atoms with Crippen molar-refractivity contribution in [1.29, 1.82) is 0 Å². The molecule has 0 radical (unpaired) electrons. The van der Waals surface area contributed by atoms with Crippen LogP contribution >= 0.6 is 0 Å². The Labute approximate surface area is 183 Å². The molecule has 0 spiro atoms. The number of aromatic nitrogens is 4. The summed E-state index contributed by atoms with van der Waals surface area (Å²) in [5.41, 5.74) is 3.92. The lowest BCUT2D eigenvalue weighted by Gasteiger charge is -2.32. The van der Waals surface area contributed by atoms with Crippen LogP contribution in [0, 0.1) is 0 Å². The minimum absolute atomic E-state index is 0.657. The van der Waals surface area contributed by atoms with E-state index in [4.69, 9.17) is 0 Å². The van der Waals surface area contributed by atoms with Crippen LogP contribution in [0.15, 0.2) is 48.5 Å². The normalized spacial score (nSPS) is 13.8. The molecule has 0 saturated heterocycles. The third kappa shape index (κ3) is 5.61. The lowest BCUT2D eigenvalue weighted by atomic mass is 9.99. The van der Waals surface area contributed by atoms with E-state index in [9.17, 15) is 8.42 Å². The SMILES string of the molecule is CS(=O)(=O)Nc1cccc2c1CCCN2CCCCCn1nnc(-c2ccccc2)n1. The largest absolute Gasteiger partial charge is 0.371 e. The minimum atomic E-state index is -3.28. The summed E-state index contributed by atoms with van der Waals surface area (Å²) < 4.78 is 26.0. The fourth-order valence-electron chi connectivity index (χ4n) is 4.00. The van der Waals surface area contributed by atoms with Crippen LogP contribution in [0.2, 0.25) is 0 Å². The number of aryl methyl sites for hydroxylation is 1. The second kappa shape index (κ2) is 9.47. The minimum Gasteiger partial charge on any atom is -0.371 e. The third-order valence-corrected chi connectivity index (χ3v) is 6.00. The number of tetrazole rings is 1. The molecule has 8 nitrogen and oxygen atoms in total. The molecular formula is C22H28N6O2S. The van der Waals surface area contributed by atoms with Gasteiger partial charge in [0.25, 0.3) is 0 Å². The fourth-order valence-corrected chi connectivity index (χ4v) is 4.59. The standard InChI is InChI=1S/C22H28N6O2S/c1-31(29,30)25-20-13-8-14-21-19(20)12-9-16-27(21)15-6-3-7-17-28-24-22(23-26-28)18-10-4-2-5-11-18/h2,4-5,8,10-11,13-14,25H,3,6-7,9,12,15-17H2,1H3. The second-order valence-corrected chi connectivity index (χ2v) is 9.65. The fraction of sp³-hybridized carbons (Fsp3) is 0.409. The molecular weight excluding hydrogens is 412 g/mol. The van der Waals surface area contributed by atoms with E-state index < -0.39 is 10.0 Å². The van der Waals surface area contributed by atoms with Gasteiger partial charge in [-0.25, -0.2) is 8.42 Å². The molecule has 1 N–H and O–H groups in total. The molecule has 1 aliphatic heterocycles. The van der Waals surface area contributed by atoms with E-state index in [0.717, 1.165) is 68.6 Å². The average molecular weight is 441 g/mol. The Morgan fingerprint density at radius 3 is 2.61 bits per heavy atom. The lowest BCUT2D eigenvalue weighted by Crippen LogP contribution is -2.31. The lowest BCUT2D eigenvalue weighted by molar-refractivity contribution is 0.480. The highest BCUT2D eigenvalue weighted by molar-refractivity contribution is 7.92. The highest BCUT2D eigenvalue weighted by atomic mass is 32.2. The number of nitrogens with zero attached hydrogens (tertiary/aromatic N) is 5. The van der Waals surface area contributed by atoms with Crippen LogP contribution in [-0.4, -0.2) is 48.0 Å². The van der Waals surface area contributed by atoms with Crippen molar-refractivity contribution in [3.8, 4) is 11.4 Å². The first-order valence-electron chi connectivity index (χ1n) is 10.7. The molecule has 2 heterocycles. The molecule has 1 aliphatic rings. The molecule has 0 bridgehead atoms. The number of nitrogens with one attached hydrogen (secondary N) is 1. The molecule has 4 rings (SSSR count). The van der Waals surface area contributed by atoms with Crippen molar-refractivity contribution in [1.82, 2.24) is 20.2 Å². The Morgan fingerprint density at radius 2 is 1.81 bits per heavy atom. The van der Waals surface area contributed by atoms with E-state index in [1.54, 1.807) is 4.80 Å². The highest BCUT2D eigenvalue weighted by Crippen LogP contribution is 2.33. The first-order chi connectivity index (χ1) is 15.0. The van der Waals surface area contributed by atoms with Gasteiger partial charge in [-0.2, -0.15) is 4.80 Å². The molecule has 31 heavy (non-hydrogen) atoms. The summed E-state index contributed by atoms with van der Waals surface area (Å²) >= 11 is 0. The molecule has 0 unspecified atom stereocenters. The van der Waals surface area contributed by atoms with Crippen molar-refractivity contribution in [2.24, 2.45) is 0 Å². The molecule has 0 atom stereocenters. The predicted octanol–water partition coefficient (Wildman–Crippen LogP) is 3.33. The van der Waals surface area contributed by atoms with Gasteiger partial charge in [0.1, 0.15) is 0 Å². The number of anilines is 2. The summed E-state index contributed by atoms with van der Waals surface area (Å²) in [6.07, 6.45) is 6.23. The number of hydrogen-bond acceptors (Lipinski definition) is 6. The molecule has 3 aromatic rings. The molecule has 9 heteroatoms. The van der Waals surface area contributed by atoms with Crippen LogP contribution in [0.4, 0.5) is 11.4 Å². The average Bonchev–Trinajstić information content (AvgIpc) is 3.22. The quantitative estimate of drug-likeness (QED) is 0.513. The van der Waals surface area contributed by atoms with Gasteiger partial charge in [-0.1, -0.05) is 36.4 Å². The van der Waals surface area contributed by atoms with Crippen LogP contribution in [0.25, 0.3) is 11.4 Å². The van der Waals surface area contributed by atoms with Crippen LogP contribution in [0.5, 0.6) is 0 Å². The van der Waals surface area contributed by atoms with Gasteiger partial charge < -0.3 is 4.90 Å². The van der Waals surface area contributed by atoms with E-state index in [0.29, 0.717) is 11.5 Å². The Morgan fingerprint density at radius 1 is 1.00 bits per heavy atom. The zero-order valence-electron chi connectivity index (χ0n) is 17.7. The van der Waals surface area contributed by atoms with Crippen molar-refractivity contribution in [3.05, 3.63) is 54.1 Å². The van der Waals surface area contributed by atoms with Crippen LogP contribution < -0.4 is 9.62 Å². The Bertz CT molecular complexity index is 1110. The van der Waals surface area contributed by atoms with Gasteiger partial charge in [-0.15, -0.1) is 10.2 Å². The van der Waals surface area contributed by atoms with E-state index in [2.05, 4.69) is 31.1 Å². The zero-order chi connectivity index (χ0) is 21.7. The van der Waals surface area contributed by atoms with Gasteiger partial charge in [-0.05, 0) is 55.0 Å². The predicted molar refractivity (Wildman–Crippen MR) is 123 cm³/mol. The van der Waals surface area contributed by atoms with Gasteiger partial charge in [0, 0.05) is 24.3 Å². The van der Waals surface area contributed by atoms with Crippen LogP contribution in [0.3, 0.4) is 0 Å². The van der Waals surface area contributed by atoms with Gasteiger partial charge in [-0.3, -0.25) is 4.72 Å². The first-order valence-corrected chi connectivity index (χ1v) is 12.6. The Hall–Kier alpha value is -2.94. The van der Waals surface area contributed by atoms with Crippen molar-refractivity contribution in [3.63, 3.8) is 0 Å². The van der Waals surface area contributed by atoms with Crippen LogP contribution in [-0.2, 0) is 23.0 Å². The second-order valence-electron chi connectivity index (χ2n) is 7.90. The van der Waals surface area contributed by atoms with Crippen molar-refractivity contribution in [2.75, 3.05) is 29.0 Å². The number of benzene rings is 2. The third-order valence-electron chi connectivity index (χ3n) is 5.41. The van der Waals surface area contributed by atoms with Crippen molar-refractivity contribution >= 4 is 21.4 Å². The maximum atomic E-state index is 11.7. The molecule has 164 valence electrons. The summed E-state index contributed by atoms with van der Waals surface area (Å²) in [7, 11) is -3.28. The summed E-state index contributed by atoms with van der Waals surface area (Å²) in [6.45, 7) is 2.70. The summed E-state index contributed by atoms with van der Waals surface area (Å²) in [6, 6.07) is 15.7.